The second kappa shape index (κ2) is 7.31. The number of β-amino-alcohol motifs (C(OH)–C–C–N with tert-alkyl or cyclic N) is 1. The smallest absolute Gasteiger partial charge is 0.0558 e. The number of nitrogens with zero attached hydrogens (tertiary/aromatic N) is 2. The van der Waals surface area contributed by atoms with Crippen molar-refractivity contribution in [2.45, 2.75) is 26.7 Å². The van der Waals surface area contributed by atoms with E-state index in [4.69, 9.17) is 5.11 Å². The summed E-state index contributed by atoms with van der Waals surface area (Å²) >= 11 is 0. The first-order valence-electron chi connectivity index (χ1n) is 6.80. The molecule has 0 aromatic heterocycles. The van der Waals surface area contributed by atoms with Crippen LogP contribution in [0.15, 0.2) is 0 Å². The van der Waals surface area contributed by atoms with Crippen molar-refractivity contribution >= 4 is 0 Å². The Kier molecular flexibility index (Phi) is 6.41. The summed E-state index contributed by atoms with van der Waals surface area (Å²) in [6, 6.07) is 0. The summed E-state index contributed by atoms with van der Waals surface area (Å²) in [4.78, 5) is 4.78. The molecule has 1 fully saturated rings. The average Bonchev–Trinajstić information content (AvgIpc) is 2.55. The monoisotopic (exact) mass is 244 g/mol. The third kappa shape index (κ3) is 4.92. The van der Waals surface area contributed by atoms with E-state index in [1.165, 1.54) is 0 Å². The molecule has 1 aliphatic heterocycles. The molecule has 1 atom stereocenters. The minimum Gasteiger partial charge on any atom is -0.396 e. The summed E-state index contributed by atoms with van der Waals surface area (Å²) in [6.07, 6.45) is 2.17. The van der Waals surface area contributed by atoms with E-state index in [-0.39, 0.29) is 18.6 Å². The lowest BCUT2D eigenvalue weighted by Crippen LogP contribution is -2.40. The van der Waals surface area contributed by atoms with Crippen LogP contribution in [0.2, 0.25) is 0 Å². The Morgan fingerprint density at radius 2 is 1.71 bits per heavy atom. The van der Waals surface area contributed by atoms with Gasteiger partial charge in [-0.25, -0.2) is 0 Å². The molecule has 2 N–H and O–H groups in total. The first-order valence-corrected chi connectivity index (χ1v) is 6.80. The Labute approximate surface area is 105 Å². The van der Waals surface area contributed by atoms with Crippen molar-refractivity contribution in [1.29, 1.82) is 0 Å². The SMILES string of the molecule is CCC(C)(CO)CN1CCCN(CCO)CC1. The minimum absolute atomic E-state index is 0.0339. The Hall–Kier alpha value is -0.160. The summed E-state index contributed by atoms with van der Waals surface area (Å²) in [6.45, 7) is 10.9. The molecule has 1 aliphatic rings. The van der Waals surface area contributed by atoms with Gasteiger partial charge in [-0.1, -0.05) is 13.8 Å². The van der Waals surface area contributed by atoms with Crippen LogP contribution in [0.1, 0.15) is 26.7 Å². The van der Waals surface area contributed by atoms with Crippen LogP contribution in [0, 0.1) is 5.41 Å². The fraction of sp³-hybridized carbons (Fsp3) is 1.00. The molecule has 1 heterocycles. The quantitative estimate of drug-likeness (QED) is 0.710. The minimum atomic E-state index is 0.0339. The van der Waals surface area contributed by atoms with E-state index in [0.717, 1.165) is 52.1 Å². The van der Waals surface area contributed by atoms with Crippen LogP contribution >= 0.6 is 0 Å². The zero-order valence-electron chi connectivity index (χ0n) is 11.4. The topological polar surface area (TPSA) is 46.9 Å². The molecule has 4 heteroatoms. The van der Waals surface area contributed by atoms with E-state index in [9.17, 15) is 5.11 Å². The fourth-order valence-corrected chi connectivity index (χ4v) is 2.36. The highest BCUT2D eigenvalue weighted by atomic mass is 16.3. The van der Waals surface area contributed by atoms with Gasteiger partial charge in [-0.05, 0) is 25.9 Å². The normalized spacial score (nSPS) is 23.3. The van der Waals surface area contributed by atoms with Gasteiger partial charge in [0.05, 0.1) is 6.61 Å². The van der Waals surface area contributed by atoms with Crippen LogP contribution in [0.4, 0.5) is 0 Å². The maximum Gasteiger partial charge on any atom is 0.0558 e. The van der Waals surface area contributed by atoms with Gasteiger partial charge in [-0.15, -0.1) is 0 Å². The molecule has 17 heavy (non-hydrogen) atoms. The summed E-state index contributed by atoms with van der Waals surface area (Å²) in [5.74, 6) is 0. The maximum atomic E-state index is 9.45. The second-order valence-corrected chi connectivity index (χ2v) is 5.52. The molecule has 0 amide bonds. The molecule has 1 unspecified atom stereocenters. The van der Waals surface area contributed by atoms with E-state index in [1.54, 1.807) is 0 Å². The number of aliphatic hydroxyl groups excluding tert-OH is 2. The maximum absolute atomic E-state index is 9.45. The van der Waals surface area contributed by atoms with Gasteiger partial charge in [-0.3, -0.25) is 4.90 Å². The van der Waals surface area contributed by atoms with Crippen LogP contribution < -0.4 is 0 Å². The van der Waals surface area contributed by atoms with Gasteiger partial charge in [0.1, 0.15) is 0 Å². The van der Waals surface area contributed by atoms with Crippen molar-refractivity contribution in [3.63, 3.8) is 0 Å². The number of hydrogen-bond donors (Lipinski definition) is 2. The highest BCUT2D eigenvalue weighted by Gasteiger charge is 2.25. The summed E-state index contributed by atoms with van der Waals surface area (Å²) in [7, 11) is 0. The van der Waals surface area contributed by atoms with Gasteiger partial charge >= 0.3 is 0 Å². The van der Waals surface area contributed by atoms with Gasteiger partial charge in [0.25, 0.3) is 0 Å². The lowest BCUT2D eigenvalue weighted by atomic mass is 9.88. The number of hydrogen-bond acceptors (Lipinski definition) is 4. The molecule has 102 valence electrons. The third-order valence-electron chi connectivity index (χ3n) is 3.94. The van der Waals surface area contributed by atoms with E-state index < -0.39 is 0 Å². The van der Waals surface area contributed by atoms with Crippen LogP contribution in [0.3, 0.4) is 0 Å². The molecular weight excluding hydrogens is 216 g/mol. The summed E-state index contributed by atoms with van der Waals surface area (Å²) < 4.78 is 0. The lowest BCUT2D eigenvalue weighted by molar-refractivity contribution is 0.0856. The van der Waals surface area contributed by atoms with Crippen molar-refractivity contribution in [2.75, 3.05) is 52.5 Å². The second-order valence-electron chi connectivity index (χ2n) is 5.52. The predicted molar refractivity (Wildman–Crippen MR) is 70.1 cm³/mol. The zero-order chi connectivity index (χ0) is 12.7. The Bertz CT molecular complexity index is 208. The molecule has 0 saturated carbocycles. The summed E-state index contributed by atoms with van der Waals surface area (Å²) in [5.41, 5.74) is 0.0339. The molecule has 4 nitrogen and oxygen atoms in total. The van der Waals surface area contributed by atoms with E-state index in [2.05, 4.69) is 23.6 Å². The highest BCUT2D eigenvalue weighted by Crippen LogP contribution is 2.22. The van der Waals surface area contributed by atoms with Crippen molar-refractivity contribution in [3.05, 3.63) is 0 Å². The Morgan fingerprint density at radius 3 is 2.29 bits per heavy atom. The predicted octanol–water partition coefficient (Wildman–Crippen LogP) is 0.395. The largest absolute Gasteiger partial charge is 0.396 e. The summed E-state index contributed by atoms with van der Waals surface area (Å²) in [5, 5.41) is 18.4. The van der Waals surface area contributed by atoms with Crippen LogP contribution in [0.5, 0.6) is 0 Å². The fourth-order valence-electron chi connectivity index (χ4n) is 2.36. The van der Waals surface area contributed by atoms with Crippen LogP contribution in [-0.2, 0) is 0 Å². The first kappa shape index (κ1) is 14.9. The van der Waals surface area contributed by atoms with Gasteiger partial charge in [0.2, 0.25) is 0 Å². The molecular formula is C13H28N2O2. The number of aliphatic hydroxyl groups is 2. The van der Waals surface area contributed by atoms with Gasteiger partial charge in [0.15, 0.2) is 0 Å². The van der Waals surface area contributed by atoms with Crippen molar-refractivity contribution in [2.24, 2.45) is 5.41 Å². The highest BCUT2D eigenvalue weighted by molar-refractivity contribution is 4.79. The van der Waals surface area contributed by atoms with Gasteiger partial charge in [0, 0.05) is 38.2 Å². The lowest BCUT2D eigenvalue weighted by Gasteiger charge is -2.32. The average molecular weight is 244 g/mol. The van der Waals surface area contributed by atoms with Gasteiger partial charge < -0.3 is 15.1 Å². The molecule has 0 spiro atoms. The molecule has 0 bridgehead atoms. The van der Waals surface area contributed by atoms with Crippen molar-refractivity contribution < 1.29 is 10.2 Å². The van der Waals surface area contributed by atoms with Crippen molar-refractivity contribution in [3.8, 4) is 0 Å². The van der Waals surface area contributed by atoms with Crippen LogP contribution in [0.25, 0.3) is 0 Å². The van der Waals surface area contributed by atoms with Crippen molar-refractivity contribution in [1.82, 2.24) is 9.80 Å². The molecule has 1 saturated heterocycles. The standard InChI is InChI=1S/C13H28N2O2/c1-3-13(2,12-17)11-15-6-4-5-14(7-8-15)9-10-16/h16-17H,3-12H2,1-2H3. The number of rotatable bonds is 6. The molecule has 0 aliphatic carbocycles. The Morgan fingerprint density at radius 1 is 1.06 bits per heavy atom. The zero-order valence-corrected chi connectivity index (χ0v) is 11.4. The van der Waals surface area contributed by atoms with Gasteiger partial charge in [-0.2, -0.15) is 0 Å². The van der Waals surface area contributed by atoms with E-state index in [1.807, 2.05) is 0 Å². The molecule has 0 aromatic rings. The molecule has 0 aromatic carbocycles. The van der Waals surface area contributed by atoms with Crippen LogP contribution in [-0.4, -0.2) is 72.5 Å². The first-order chi connectivity index (χ1) is 8.13. The van der Waals surface area contributed by atoms with E-state index in [0.29, 0.717) is 0 Å². The van der Waals surface area contributed by atoms with E-state index >= 15 is 0 Å². The Balaban J connectivity index is 2.40. The third-order valence-corrected chi connectivity index (χ3v) is 3.94. The molecule has 1 rings (SSSR count). The molecule has 0 radical (unpaired) electrons.